The fourth-order valence-corrected chi connectivity index (χ4v) is 2.44. The highest BCUT2D eigenvalue weighted by molar-refractivity contribution is 7.86. The van der Waals surface area contributed by atoms with Crippen LogP contribution in [0.25, 0.3) is 0 Å². The molecule has 1 aromatic rings. The molecule has 0 saturated carbocycles. The largest absolute Gasteiger partial charge is 0.388 e. The molecule has 0 bridgehead atoms. The van der Waals surface area contributed by atoms with Crippen LogP contribution in [-0.4, -0.2) is 39.4 Å². The van der Waals surface area contributed by atoms with Gasteiger partial charge in [-0.2, -0.15) is 8.42 Å². The first kappa shape index (κ1) is 16.1. The second-order valence-electron chi connectivity index (χ2n) is 4.77. The first-order valence-electron chi connectivity index (χ1n) is 5.94. The zero-order chi connectivity index (χ0) is 14.5. The second-order valence-corrected chi connectivity index (χ2v) is 6.38. The summed E-state index contributed by atoms with van der Waals surface area (Å²) in [6.07, 6.45) is 0.173. The third kappa shape index (κ3) is 5.28. The van der Waals surface area contributed by atoms with E-state index in [-0.39, 0.29) is 24.5 Å². The van der Waals surface area contributed by atoms with Gasteiger partial charge in [0.25, 0.3) is 10.1 Å². The van der Waals surface area contributed by atoms with Crippen LogP contribution in [0.3, 0.4) is 0 Å². The van der Waals surface area contributed by atoms with E-state index >= 15 is 0 Å². The minimum Gasteiger partial charge on any atom is -0.388 e. The number of benzene rings is 1. The summed E-state index contributed by atoms with van der Waals surface area (Å²) >= 11 is 0. The molecule has 0 spiro atoms. The minimum absolute atomic E-state index is 0.0907. The Labute approximate surface area is 114 Å². The summed E-state index contributed by atoms with van der Waals surface area (Å²) in [5.41, 5.74) is -0.126. The van der Waals surface area contributed by atoms with Crippen molar-refractivity contribution in [3.8, 4) is 0 Å². The van der Waals surface area contributed by atoms with Crippen molar-refractivity contribution in [3.05, 3.63) is 29.8 Å². The van der Waals surface area contributed by atoms with Crippen molar-refractivity contribution in [2.45, 2.75) is 30.8 Å². The Morgan fingerprint density at radius 2 is 1.84 bits per heavy atom. The van der Waals surface area contributed by atoms with Crippen molar-refractivity contribution in [1.82, 2.24) is 0 Å². The molecule has 6 heteroatoms. The van der Waals surface area contributed by atoms with Gasteiger partial charge in [0.15, 0.2) is 0 Å². The fraction of sp³-hybridized carbons (Fsp3) is 0.538. The lowest BCUT2D eigenvalue weighted by molar-refractivity contribution is -0.0294. The van der Waals surface area contributed by atoms with Gasteiger partial charge < -0.3 is 9.84 Å². The van der Waals surface area contributed by atoms with Gasteiger partial charge in [-0.1, -0.05) is 17.7 Å². The van der Waals surface area contributed by atoms with Crippen molar-refractivity contribution in [2.24, 2.45) is 0 Å². The summed E-state index contributed by atoms with van der Waals surface area (Å²) in [6.45, 7) is 3.48. The molecule has 0 aliphatic rings. The van der Waals surface area contributed by atoms with Crippen molar-refractivity contribution in [3.63, 3.8) is 0 Å². The Balaban J connectivity index is 2.59. The van der Waals surface area contributed by atoms with E-state index in [4.69, 9.17) is 8.92 Å². The average Bonchev–Trinajstić information content (AvgIpc) is 2.28. The zero-order valence-electron chi connectivity index (χ0n) is 11.4. The number of hydrogen-bond donors (Lipinski definition) is 1. The van der Waals surface area contributed by atoms with Gasteiger partial charge in [0.1, 0.15) is 0 Å². The standard InChI is InChI=1S/C13H20O5S/c1-11-4-6-12(7-5-11)19(15,16)18-9-8-13(2,14)10-17-3/h4-7,14H,8-10H2,1-3H3. The lowest BCUT2D eigenvalue weighted by atomic mass is 10.1. The molecule has 1 unspecified atom stereocenters. The molecule has 1 aromatic carbocycles. The molecule has 0 saturated heterocycles. The minimum atomic E-state index is -3.77. The molecular weight excluding hydrogens is 268 g/mol. The Hall–Kier alpha value is -0.950. The number of rotatable bonds is 7. The molecule has 0 radical (unpaired) electrons. The summed E-state index contributed by atoms with van der Waals surface area (Å²) < 4.78 is 33.4. The molecule has 5 nitrogen and oxygen atoms in total. The van der Waals surface area contributed by atoms with Crippen molar-refractivity contribution in [1.29, 1.82) is 0 Å². The van der Waals surface area contributed by atoms with Crippen LogP contribution < -0.4 is 0 Å². The molecule has 0 aliphatic heterocycles. The Morgan fingerprint density at radius 1 is 1.26 bits per heavy atom. The summed E-state index contributed by atoms with van der Waals surface area (Å²) in [7, 11) is -2.30. The molecule has 19 heavy (non-hydrogen) atoms. The van der Waals surface area contributed by atoms with Crippen LogP contribution in [0, 0.1) is 6.92 Å². The molecular formula is C13H20O5S. The van der Waals surface area contributed by atoms with Crippen LogP contribution in [0.1, 0.15) is 18.9 Å². The average molecular weight is 288 g/mol. The lowest BCUT2D eigenvalue weighted by Crippen LogP contribution is -2.32. The molecule has 0 aliphatic carbocycles. The number of methoxy groups -OCH3 is 1. The maximum Gasteiger partial charge on any atom is 0.296 e. The summed E-state index contributed by atoms with van der Waals surface area (Å²) in [6, 6.07) is 6.41. The van der Waals surface area contributed by atoms with E-state index in [9.17, 15) is 13.5 Å². The highest BCUT2D eigenvalue weighted by atomic mass is 32.2. The third-order valence-electron chi connectivity index (χ3n) is 2.64. The van der Waals surface area contributed by atoms with Crippen LogP contribution in [0.4, 0.5) is 0 Å². The molecule has 1 rings (SSSR count). The van der Waals surface area contributed by atoms with Gasteiger partial charge in [0.05, 0.1) is 23.7 Å². The highest BCUT2D eigenvalue weighted by Gasteiger charge is 2.22. The van der Waals surface area contributed by atoms with E-state index in [1.165, 1.54) is 19.2 Å². The number of aryl methyl sites for hydroxylation is 1. The maximum absolute atomic E-state index is 11.9. The zero-order valence-corrected chi connectivity index (χ0v) is 12.2. The van der Waals surface area contributed by atoms with Crippen LogP contribution in [0.15, 0.2) is 29.2 Å². The predicted molar refractivity (Wildman–Crippen MR) is 71.4 cm³/mol. The molecule has 0 aromatic heterocycles. The van der Waals surface area contributed by atoms with Crippen LogP contribution in [-0.2, 0) is 19.0 Å². The summed E-state index contributed by atoms with van der Waals surface area (Å²) in [4.78, 5) is 0.115. The number of hydrogen-bond acceptors (Lipinski definition) is 5. The maximum atomic E-state index is 11.9. The van der Waals surface area contributed by atoms with Crippen LogP contribution >= 0.6 is 0 Å². The van der Waals surface area contributed by atoms with Gasteiger partial charge in [0.2, 0.25) is 0 Å². The molecule has 0 amide bonds. The first-order chi connectivity index (χ1) is 8.77. The summed E-state index contributed by atoms with van der Waals surface area (Å²) in [5, 5.41) is 9.82. The Morgan fingerprint density at radius 3 is 2.37 bits per heavy atom. The summed E-state index contributed by atoms with van der Waals surface area (Å²) in [5.74, 6) is 0. The monoisotopic (exact) mass is 288 g/mol. The highest BCUT2D eigenvalue weighted by Crippen LogP contribution is 2.16. The smallest absolute Gasteiger partial charge is 0.296 e. The Bertz CT molecular complexity index is 490. The number of ether oxygens (including phenoxy) is 1. The lowest BCUT2D eigenvalue weighted by Gasteiger charge is -2.21. The third-order valence-corrected chi connectivity index (χ3v) is 3.97. The van der Waals surface area contributed by atoms with Gasteiger partial charge >= 0.3 is 0 Å². The topological polar surface area (TPSA) is 72.8 Å². The number of aliphatic hydroxyl groups is 1. The van der Waals surface area contributed by atoms with Gasteiger partial charge in [-0.15, -0.1) is 0 Å². The van der Waals surface area contributed by atoms with E-state index in [2.05, 4.69) is 0 Å². The second kappa shape index (κ2) is 6.47. The van der Waals surface area contributed by atoms with Crippen LogP contribution in [0.5, 0.6) is 0 Å². The van der Waals surface area contributed by atoms with E-state index in [1.807, 2.05) is 6.92 Å². The SMILES string of the molecule is COCC(C)(O)CCOS(=O)(=O)c1ccc(C)cc1. The van der Waals surface area contributed by atoms with E-state index < -0.39 is 15.7 Å². The van der Waals surface area contributed by atoms with E-state index in [0.717, 1.165) is 5.56 Å². The van der Waals surface area contributed by atoms with Gasteiger partial charge in [-0.05, 0) is 26.0 Å². The van der Waals surface area contributed by atoms with Crippen molar-refractivity contribution < 1.29 is 22.4 Å². The molecule has 0 fully saturated rings. The van der Waals surface area contributed by atoms with E-state index in [0.29, 0.717) is 0 Å². The quantitative estimate of drug-likeness (QED) is 0.770. The van der Waals surface area contributed by atoms with E-state index in [1.54, 1.807) is 19.1 Å². The van der Waals surface area contributed by atoms with Gasteiger partial charge in [-0.25, -0.2) is 0 Å². The normalized spacial score (nSPS) is 15.2. The molecule has 0 heterocycles. The van der Waals surface area contributed by atoms with Crippen LogP contribution in [0.2, 0.25) is 0 Å². The first-order valence-corrected chi connectivity index (χ1v) is 7.35. The molecule has 1 atom stereocenters. The van der Waals surface area contributed by atoms with Gasteiger partial charge in [-0.3, -0.25) is 4.18 Å². The fourth-order valence-electron chi connectivity index (χ4n) is 1.53. The van der Waals surface area contributed by atoms with Crippen molar-refractivity contribution in [2.75, 3.05) is 20.3 Å². The molecule has 108 valence electrons. The molecule has 1 N–H and O–H groups in total. The van der Waals surface area contributed by atoms with Gasteiger partial charge in [0, 0.05) is 13.5 Å². The Kier molecular flexibility index (Phi) is 5.49. The van der Waals surface area contributed by atoms with Crippen molar-refractivity contribution >= 4 is 10.1 Å². The predicted octanol–water partition coefficient (Wildman–Crippen LogP) is 1.49.